The molecule has 0 saturated heterocycles. The van der Waals surface area contributed by atoms with Crippen molar-refractivity contribution in [2.45, 2.75) is 26.3 Å². The maximum absolute atomic E-state index is 4.61. The van der Waals surface area contributed by atoms with Gasteiger partial charge >= 0.3 is 0 Å². The number of nitrogens with one attached hydrogen (secondary N) is 1. The van der Waals surface area contributed by atoms with Crippen LogP contribution in [0.15, 0.2) is 48.5 Å². The highest BCUT2D eigenvalue weighted by Gasteiger charge is 2.07. The maximum Gasteiger partial charge on any atom is 0.126 e. The number of hydrogen-bond acceptors (Lipinski definition) is 3. The monoisotopic (exact) mass is 269 g/mol. The summed E-state index contributed by atoms with van der Waals surface area (Å²) in [4.78, 5) is 7.01. The summed E-state index contributed by atoms with van der Waals surface area (Å²) in [7, 11) is 1.90. The van der Waals surface area contributed by atoms with E-state index in [1.165, 1.54) is 18.5 Å². The first-order valence-electron chi connectivity index (χ1n) is 7.27. The van der Waals surface area contributed by atoms with Crippen molar-refractivity contribution in [1.29, 1.82) is 0 Å². The second-order valence-electron chi connectivity index (χ2n) is 4.87. The molecule has 2 rings (SSSR count). The molecule has 0 bridgehead atoms. The van der Waals surface area contributed by atoms with E-state index < -0.39 is 0 Å². The van der Waals surface area contributed by atoms with Crippen molar-refractivity contribution in [2.24, 2.45) is 0 Å². The third-order valence-electron chi connectivity index (χ3n) is 3.32. The van der Waals surface area contributed by atoms with Crippen molar-refractivity contribution >= 4 is 11.5 Å². The smallest absolute Gasteiger partial charge is 0.126 e. The number of nitrogens with zero attached hydrogens (tertiary/aromatic N) is 2. The Bertz CT molecular complexity index is 511. The standard InChI is InChI=1S/C17H23N3/c1-3-4-13-20(16-10-6-5-7-11-16)14-15-9-8-12-17(18-2)19-15/h5-12H,3-4,13-14H2,1-2H3,(H,18,19). The molecule has 1 aromatic carbocycles. The molecule has 0 spiro atoms. The molecule has 1 aromatic heterocycles. The summed E-state index contributed by atoms with van der Waals surface area (Å²) in [6.45, 7) is 4.13. The lowest BCUT2D eigenvalue weighted by Crippen LogP contribution is -2.24. The fourth-order valence-electron chi connectivity index (χ4n) is 2.19. The largest absolute Gasteiger partial charge is 0.373 e. The molecule has 0 aliphatic carbocycles. The van der Waals surface area contributed by atoms with E-state index in [4.69, 9.17) is 0 Å². The summed E-state index contributed by atoms with van der Waals surface area (Å²) in [6, 6.07) is 16.7. The van der Waals surface area contributed by atoms with Gasteiger partial charge in [-0.1, -0.05) is 37.6 Å². The molecule has 0 fully saturated rings. The molecule has 0 aliphatic rings. The zero-order valence-electron chi connectivity index (χ0n) is 12.3. The fourth-order valence-corrected chi connectivity index (χ4v) is 2.19. The van der Waals surface area contributed by atoms with Crippen LogP contribution in [0.4, 0.5) is 11.5 Å². The van der Waals surface area contributed by atoms with Gasteiger partial charge in [0.25, 0.3) is 0 Å². The van der Waals surface area contributed by atoms with Crippen LogP contribution in [0, 0.1) is 0 Å². The van der Waals surface area contributed by atoms with Gasteiger partial charge in [-0.25, -0.2) is 4.98 Å². The van der Waals surface area contributed by atoms with E-state index in [9.17, 15) is 0 Å². The average molecular weight is 269 g/mol. The molecule has 1 heterocycles. The van der Waals surface area contributed by atoms with Gasteiger partial charge < -0.3 is 10.2 Å². The molecule has 0 amide bonds. The molecule has 0 saturated carbocycles. The lowest BCUT2D eigenvalue weighted by atomic mass is 10.2. The van der Waals surface area contributed by atoms with E-state index in [1.807, 2.05) is 13.1 Å². The van der Waals surface area contributed by atoms with Crippen LogP contribution in [0.1, 0.15) is 25.5 Å². The molecule has 0 atom stereocenters. The van der Waals surface area contributed by atoms with Gasteiger partial charge in [0.2, 0.25) is 0 Å². The molecule has 3 nitrogen and oxygen atoms in total. The van der Waals surface area contributed by atoms with Crippen molar-refractivity contribution in [1.82, 2.24) is 4.98 Å². The number of para-hydroxylation sites is 1. The normalized spacial score (nSPS) is 10.3. The van der Waals surface area contributed by atoms with Crippen molar-refractivity contribution in [2.75, 3.05) is 23.8 Å². The second-order valence-corrected chi connectivity index (χ2v) is 4.87. The Kier molecular flexibility index (Phi) is 5.42. The Morgan fingerprint density at radius 3 is 2.55 bits per heavy atom. The molecule has 1 N–H and O–H groups in total. The van der Waals surface area contributed by atoms with Gasteiger partial charge in [-0.15, -0.1) is 0 Å². The van der Waals surface area contributed by atoms with Gasteiger partial charge in [0.1, 0.15) is 5.82 Å². The van der Waals surface area contributed by atoms with Gasteiger partial charge in [-0.05, 0) is 30.7 Å². The first-order chi connectivity index (χ1) is 9.83. The highest BCUT2D eigenvalue weighted by atomic mass is 15.1. The quantitative estimate of drug-likeness (QED) is 0.825. The number of rotatable bonds is 7. The highest BCUT2D eigenvalue weighted by Crippen LogP contribution is 2.17. The van der Waals surface area contributed by atoms with Crippen LogP contribution in [0.3, 0.4) is 0 Å². The summed E-state index contributed by atoms with van der Waals surface area (Å²) in [5.41, 5.74) is 2.36. The van der Waals surface area contributed by atoms with E-state index in [0.29, 0.717) is 0 Å². The van der Waals surface area contributed by atoms with E-state index in [1.54, 1.807) is 0 Å². The van der Waals surface area contributed by atoms with Crippen molar-refractivity contribution < 1.29 is 0 Å². The van der Waals surface area contributed by atoms with Crippen molar-refractivity contribution in [3.63, 3.8) is 0 Å². The topological polar surface area (TPSA) is 28.2 Å². The van der Waals surface area contributed by atoms with E-state index in [2.05, 4.69) is 64.6 Å². The average Bonchev–Trinajstić information content (AvgIpc) is 2.52. The van der Waals surface area contributed by atoms with Crippen LogP contribution in [0.25, 0.3) is 0 Å². The minimum atomic E-state index is 0.847. The molecular weight excluding hydrogens is 246 g/mol. The summed E-state index contributed by atoms with van der Waals surface area (Å²) < 4.78 is 0. The molecule has 0 radical (unpaired) electrons. The Balaban J connectivity index is 2.14. The molecule has 2 aromatic rings. The van der Waals surface area contributed by atoms with Crippen LogP contribution < -0.4 is 10.2 Å². The van der Waals surface area contributed by atoms with Gasteiger partial charge in [-0.3, -0.25) is 0 Å². The van der Waals surface area contributed by atoms with E-state index >= 15 is 0 Å². The second kappa shape index (κ2) is 7.53. The van der Waals surface area contributed by atoms with E-state index in [0.717, 1.165) is 24.6 Å². The molecule has 20 heavy (non-hydrogen) atoms. The number of anilines is 2. The van der Waals surface area contributed by atoms with Crippen LogP contribution in [-0.4, -0.2) is 18.6 Å². The lowest BCUT2D eigenvalue weighted by molar-refractivity contribution is 0.708. The minimum absolute atomic E-state index is 0.847. The molecule has 0 unspecified atom stereocenters. The van der Waals surface area contributed by atoms with Crippen molar-refractivity contribution in [3.05, 3.63) is 54.2 Å². The molecule has 3 heteroatoms. The molecule has 106 valence electrons. The van der Waals surface area contributed by atoms with Crippen LogP contribution in [-0.2, 0) is 6.54 Å². The summed E-state index contributed by atoms with van der Waals surface area (Å²) in [5, 5.41) is 3.09. The van der Waals surface area contributed by atoms with Crippen LogP contribution in [0.2, 0.25) is 0 Å². The van der Waals surface area contributed by atoms with Gasteiger partial charge in [0.15, 0.2) is 0 Å². The number of pyridine rings is 1. The third-order valence-corrected chi connectivity index (χ3v) is 3.32. The highest BCUT2D eigenvalue weighted by molar-refractivity contribution is 5.46. The SMILES string of the molecule is CCCCN(Cc1cccc(NC)n1)c1ccccc1. The molecule has 0 aliphatic heterocycles. The zero-order valence-corrected chi connectivity index (χ0v) is 12.3. The lowest BCUT2D eigenvalue weighted by Gasteiger charge is -2.24. The number of aromatic nitrogens is 1. The van der Waals surface area contributed by atoms with Crippen LogP contribution in [0.5, 0.6) is 0 Å². The number of benzene rings is 1. The van der Waals surface area contributed by atoms with Gasteiger partial charge in [0.05, 0.1) is 12.2 Å². The van der Waals surface area contributed by atoms with Crippen molar-refractivity contribution in [3.8, 4) is 0 Å². The Hall–Kier alpha value is -2.03. The van der Waals surface area contributed by atoms with Gasteiger partial charge in [0, 0.05) is 19.3 Å². The summed E-state index contributed by atoms with van der Waals surface area (Å²) in [6.07, 6.45) is 2.40. The maximum atomic E-state index is 4.61. The predicted molar refractivity (Wildman–Crippen MR) is 86.2 cm³/mol. The van der Waals surface area contributed by atoms with Gasteiger partial charge in [-0.2, -0.15) is 0 Å². The Morgan fingerprint density at radius 1 is 1.05 bits per heavy atom. The third kappa shape index (κ3) is 3.98. The fraction of sp³-hybridized carbons (Fsp3) is 0.353. The number of hydrogen-bond donors (Lipinski definition) is 1. The first-order valence-corrected chi connectivity index (χ1v) is 7.27. The molecular formula is C17H23N3. The van der Waals surface area contributed by atoms with Crippen LogP contribution >= 0.6 is 0 Å². The summed E-state index contributed by atoms with van der Waals surface area (Å²) in [5.74, 6) is 0.922. The Morgan fingerprint density at radius 2 is 1.85 bits per heavy atom. The Labute approximate surface area is 121 Å². The number of unbranched alkanes of at least 4 members (excludes halogenated alkanes) is 1. The predicted octanol–water partition coefficient (Wildman–Crippen LogP) is 3.93. The minimum Gasteiger partial charge on any atom is -0.373 e. The zero-order chi connectivity index (χ0) is 14.2. The van der Waals surface area contributed by atoms with E-state index in [-0.39, 0.29) is 0 Å². The first kappa shape index (κ1) is 14.4. The summed E-state index contributed by atoms with van der Waals surface area (Å²) >= 11 is 0.